The number of aromatic nitrogens is 3. The number of piperidine rings is 1. The molecule has 10 heteroatoms. The topological polar surface area (TPSA) is 105 Å². The minimum absolute atomic E-state index is 0. The summed E-state index contributed by atoms with van der Waals surface area (Å²) in [5, 5.41) is 12.8. The van der Waals surface area contributed by atoms with Crippen molar-refractivity contribution in [3.63, 3.8) is 0 Å². The van der Waals surface area contributed by atoms with Gasteiger partial charge in [0, 0.05) is 44.0 Å². The number of hydrogen-bond donors (Lipinski definition) is 1. The van der Waals surface area contributed by atoms with Crippen LogP contribution in [0.1, 0.15) is 24.1 Å². The summed E-state index contributed by atoms with van der Waals surface area (Å²) in [5.74, 6) is 1.48. The minimum Gasteiger partial charge on any atom is -0.486 e. The zero-order chi connectivity index (χ0) is 22.6. The number of halogens is 1. The van der Waals surface area contributed by atoms with Crippen molar-refractivity contribution in [1.82, 2.24) is 24.8 Å². The summed E-state index contributed by atoms with van der Waals surface area (Å²) in [6, 6.07) is 9.48. The molecule has 2 aliphatic rings. The minimum atomic E-state index is -0.0668. The largest absolute Gasteiger partial charge is 0.486 e. The molecule has 0 spiro atoms. The molecule has 5 rings (SSSR count). The zero-order valence-electron chi connectivity index (χ0n) is 18.8. The number of rotatable bonds is 6. The van der Waals surface area contributed by atoms with Gasteiger partial charge in [-0.2, -0.15) is 5.26 Å². The molecular formula is C24H27ClN6O3. The highest BCUT2D eigenvalue weighted by Crippen LogP contribution is 2.29. The second-order valence-electron chi connectivity index (χ2n) is 8.38. The monoisotopic (exact) mass is 482 g/mol. The third-order valence-electron chi connectivity index (χ3n) is 6.25. The average Bonchev–Trinajstić information content (AvgIpc) is 2.87. The number of nitriles is 1. The molecule has 0 unspecified atom stereocenters. The summed E-state index contributed by atoms with van der Waals surface area (Å²) in [5.41, 5.74) is 2.78. The van der Waals surface area contributed by atoms with Gasteiger partial charge in [-0.3, -0.25) is 14.8 Å². The van der Waals surface area contributed by atoms with Crippen LogP contribution in [0, 0.1) is 11.3 Å². The van der Waals surface area contributed by atoms with Gasteiger partial charge in [0.25, 0.3) is 5.56 Å². The number of nitrogens with one attached hydrogen (secondary N) is 1. The van der Waals surface area contributed by atoms with Crippen molar-refractivity contribution in [2.75, 3.05) is 32.8 Å². The van der Waals surface area contributed by atoms with Gasteiger partial charge in [-0.1, -0.05) is 0 Å². The van der Waals surface area contributed by atoms with Crippen LogP contribution in [-0.4, -0.2) is 58.3 Å². The van der Waals surface area contributed by atoms with E-state index in [0.717, 1.165) is 49.4 Å². The van der Waals surface area contributed by atoms with Gasteiger partial charge in [-0.15, -0.1) is 12.4 Å². The molecule has 0 aliphatic carbocycles. The van der Waals surface area contributed by atoms with Gasteiger partial charge in [0.15, 0.2) is 11.5 Å². The van der Waals surface area contributed by atoms with Crippen LogP contribution in [0.25, 0.3) is 11.0 Å². The van der Waals surface area contributed by atoms with Crippen LogP contribution in [0.5, 0.6) is 11.5 Å². The van der Waals surface area contributed by atoms with Gasteiger partial charge >= 0.3 is 0 Å². The number of fused-ring (bicyclic) bond motifs is 2. The molecule has 2 aliphatic heterocycles. The molecule has 3 aromatic heterocycles. The second kappa shape index (κ2) is 10.8. The fourth-order valence-electron chi connectivity index (χ4n) is 4.40. The van der Waals surface area contributed by atoms with E-state index in [1.165, 1.54) is 6.20 Å². The Labute approximate surface area is 203 Å². The third-order valence-corrected chi connectivity index (χ3v) is 6.25. The van der Waals surface area contributed by atoms with Crippen LogP contribution >= 0.6 is 12.4 Å². The maximum Gasteiger partial charge on any atom is 0.251 e. The summed E-state index contributed by atoms with van der Waals surface area (Å²) >= 11 is 0. The molecule has 0 radical (unpaired) electrons. The molecule has 1 saturated heterocycles. The van der Waals surface area contributed by atoms with Gasteiger partial charge in [-0.05, 0) is 38.1 Å². The lowest BCUT2D eigenvalue weighted by Crippen LogP contribution is -2.43. The quantitative estimate of drug-likeness (QED) is 0.569. The van der Waals surface area contributed by atoms with E-state index in [1.54, 1.807) is 29.0 Å². The number of ether oxygens (including phenoxy) is 2. The summed E-state index contributed by atoms with van der Waals surface area (Å²) in [7, 11) is 0. The molecule has 3 aromatic rings. The molecule has 34 heavy (non-hydrogen) atoms. The van der Waals surface area contributed by atoms with E-state index in [2.05, 4.69) is 26.3 Å². The third kappa shape index (κ3) is 5.30. The van der Waals surface area contributed by atoms with Gasteiger partial charge in [-0.25, -0.2) is 0 Å². The second-order valence-corrected chi connectivity index (χ2v) is 8.38. The Kier molecular flexibility index (Phi) is 7.63. The molecular weight excluding hydrogens is 456 g/mol. The van der Waals surface area contributed by atoms with E-state index in [4.69, 9.17) is 9.47 Å². The van der Waals surface area contributed by atoms with Crippen LogP contribution in [0.2, 0.25) is 0 Å². The Morgan fingerprint density at radius 2 is 1.85 bits per heavy atom. The summed E-state index contributed by atoms with van der Waals surface area (Å²) in [4.78, 5) is 23.6. The van der Waals surface area contributed by atoms with Gasteiger partial charge < -0.3 is 24.3 Å². The number of nitrogens with zero attached hydrogens (tertiary/aromatic N) is 5. The summed E-state index contributed by atoms with van der Waals surface area (Å²) in [6.07, 6.45) is 5.35. The van der Waals surface area contributed by atoms with Crippen LogP contribution < -0.4 is 20.3 Å². The number of hydrogen-bond acceptors (Lipinski definition) is 8. The van der Waals surface area contributed by atoms with Gasteiger partial charge in [0.1, 0.15) is 19.3 Å². The Bertz CT molecular complexity index is 1250. The fourth-order valence-corrected chi connectivity index (χ4v) is 4.40. The normalized spacial score (nSPS) is 16.1. The van der Waals surface area contributed by atoms with E-state index >= 15 is 0 Å². The lowest BCUT2D eigenvalue weighted by molar-refractivity contribution is 0.170. The van der Waals surface area contributed by atoms with Crippen molar-refractivity contribution in [1.29, 1.82) is 5.26 Å². The Morgan fingerprint density at radius 1 is 1.06 bits per heavy atom. The lowest BCUT2D eigenvalue weighted by atomic mass is 10.0. The molecule has 0 amide bonds. The fraction of sp³-hybridized carbons (Fsp3) is 0.417. The Hall–Kier alpha value is -3.19. The molecule has 178 valence electrons. The molecule has 5 heterocycles. The molecule has 0 bridgehead atoms. The molecule has 9 nitrogen and oxygen atoms in total. The van der Waals surface area contributed by atoms with Crippen molar-refractivity contribution in [3.8, 4) is 17.6 Å². The molecule has 0 atom stereocenters. The van der Waals surface area contributed by atoms with E-state index in [-0.39, 0.29) is 18.0 Å². The number of likely N-dealkylation sites (tertiary alicyclic amines) is 1. The van der Waals surface area contributed by atoms with Crippen molar-refractivity contribution >= 4 is 23.4 Å². The highest BCUT2D eigenvalue weighted by Gasteiger charge is 2.20. The van der Waals surface area contributed by atoms with Gasteiger partial charge in [0.2, 0.25) is 0 Å². The van der Waals surface area contributed by atoms with Crippen molar-refractivity contribution < 1.29 is 9.47 Å². The van der Waals surface area contributed by atoms with Crippen molar-refractivity contribution in [3.05, 3.63) is 58.3 Å². The summed E-state index contributed by atoms with van der Waals surface area (Å²) < 4.78 is 12.9. The van der Waals surface area contributed by atoms with Crippen LogP contribution in [0.3, 0.4) is 0 Å². The maximum atomic E-state index is 12.5. The first-order valence-electron chi connectivity index (χ1n) is 11.3. The molecule has 0 aromatic carbocycles. The molecule has 1 fully saturated rings. The average molecular weight is 483 g/mol. The van der Waals surface area contributed by atoms with E-state index in [0.29, 0.717) is 49.2 Å². The number of pyridine rings is 3. The first-order chi connectivity index (χ1) is 16.2. The van der Waals surface area contributed by atoms with Crippen molar-refractivity contribution in [2.45, 2.75) is 32.0 Å². The predicted octanol–water partition coefficient (Wildman–Crippen LogP) is 2.11. The SMILES string of the molecule is Cl.N#Cc1cnc2ccc(=O)n(CCN3CCC(NCc4cc5c(cn4)OCCO5)CC3)c2c1. The van der Waals surface area contributed by atoms with Crippen LogP contribution in [0.4, 0.5) is 0 Å². The Morgan fingerprint density at radius 3 is 2.65 bits per heavy atom. The zero-order valence-corrected chi connectivity index (χ0v) is 19.6. The van der Waals surface area contributed by atoms with E-state index in [1.807, 2.05) is 6.07 Å². The van der Waals surface area contributed by atoms with Crippen LogP contribution in [-0.2, 0) is 13.1 Å². The maximum absolute atomic E-state index is 12.5. The first kappa shape index (κ1) is 24.0. The molecule has 0 saturated carbocycles. The van der Waals surface area contributed by atoms with E-state index < -0.39 is 0 Å². The Balaban J connectivity index is 0.00000274. The smallest absolute Gasteiger partial charge is 0.251 e. The standard InChI is InChI=1S/C24H26N6O3.ClH/c25-13-17-11-21-20(28-14-17)1-2-24(31)30(21)8-7-29-5-3-18(4-6-29)26-15-19-12-22-23(16-27-19)33-10-9-32-22;/h1-2,11-12,14,16,18,26H,3-10,15H2;1H. The first-order valence-corrected chi connectivity index (χ1v) is 11.3. The van der Waals surface area contributed by atoms with E-state index in [9.17, 15) is 10.1 Å². The highest BCUT2D eigenvalue weighted by atomic mass is 35.5. The molecule has 1 N–H and O–H groups in total. The lowest BCUT2D eigenvalue weighted by Gasteiger charge is -2.32. The van der Waals surface area contributed by atoms with Crippen molar-refractivity contribution in [2.24, 2.45) is 0 Å². The predicted molar refractivity (Wildman–Crippen MR) is 129 cm³/mol. The summed E-state index contributed by atoms with van der Waals surface area (Å²) in [6.45, 7) is 5.13. The van der Waals surface area contributed by atoms with Crippen LogP contribution in [0.15, 0.2) is 41.5 Å². The highest BCUT2D eigenvalue weighted by molar-refractivity contribution is 5.85. The van der Waals surface area contributed by atoms with Gasteiger partial charge in [0.05, 0.1) is 28.5 Å².